The smallest absolute Gasteiger partial charge is 0.414 e. The highest BCUT2D eigenvalue weighted by molar-refractivity contribution is 5.90. The minimum Gasteiger partial charge on any atom is -0.442 e. The summed E-state index contributed by atoms with van der Waals surface area (Å²) in [5, 5.41) is 5.72. The van der Waals surface area contributed by atoms with Gasteiger partial charge in [0.1, 0.15) is 17.7 Å². The molecule has 1 saturated heterocycles. The quantitative estimate of drug-likeness (QED) is 0.186. The summed E-state index contributed by atoms with van der Waals surface area (Å²) in [6, 6.07) is 12.2. The fourth-order valence-corrected chi connectivity index (χ4v) is 3.97. The highest BCUT2D eigenvalue weighted by atomic mass is 19.1. The molecule has 0 saturated carbocycles. The summed E-state index contributed by atoms with van der Waals surface area (Å²) < 4.78 is 33.0. The molecular weight excluding hydrogens is 568 g/mol. The van der Waals surface area contributed by atoms with E-state index in [-0.39, 0.29) is 25.7 Å². The fraction of sp³-hybridized carbons (Fsp3) is 0.438. The second-order valence-corrected chi connectivity index (χ2v) is 9.01. The molecule has 1 aliphatic heterocycles. The lowest BCUT2D eigenvalue weighted by Gasteiger charge is -2.15. The van der Waals surface area contributed by atoms with Gasteiger partial charge in [-0.25, -0.2) is 14.2 Å². The van der Waals surface area contributed by atoms with E-state index >= 15 is 4.39 Å². The molecule has 0 spiro atoms. The molecule has 12 heteroatoms. The molecule has 0 unspecified atom stereocenters. The van der Waals surface area contributed by atoms with Crippen LogP contribution in [0.25, 0.3) is 11.1 Å². The number of hydrogen-bond acceptors (Lipinski definition) is 6. The van der Waals surface area contributed by atoms with Gasteiger partial charge in [-0.15, -0.1) is 0 Å². The average molecular weight is 616 g/mol. The Hall–Kier alpha value is -4.32. The van der Waals surface area contributed by atoms with E-state index in [0.717, 1.165) is 17.1 Å². The number of cyclic esters (lactones) is 1. The van der Waals surface area contributed by atoms with Gasteiger partial charge in [-0.1, -0.05) is 58.9 Å². The predicted octanol–water partition coefficient (Wildman–Crippen LogP) is 6.15. The van der Waals surface area contributed by atoms with Gasteiger partial charge < -0.3 is 25.7 Å². The van der Waals surface area contributed by atoms with Crippen molar-refractivity contribution in [1.82, 2.24) is 14.9 Å². The van der Waals surface area contributed by atoms with Crippen molar-refractivity contribution in [2.45, 2.75) is 67.2 Å². The highest BCUT2D eigenvalue weighted by Crippen LogP contribution is 2.29. The fourth-order valence-electron chi connectivity index (χ4n) is 3.97. The highest BCUT2D eigenvalue weighted by Gasteiger charge is 2.32. The van der Waals surface area contributed by atoms with Gasteiger partial charge in [-0.2, -0.15) is 0 Å². The van der Waals surface area contributed by atoms with E-state index in [0.29, 0.717) is 36.3 Å². The minimum absolute atomic E-state index is 0.181. The maximum atomic E-state index is 15.0. The summed E-state index contributed by atoms with van der Waals surface area (Å²) in [6.07, 6.45) is 2.88. The van der Waals surface area contributed by atoms with Crippen molar-refractivity contribution < 1.29 is 23.1 Å². The number of carbonyl (C=O) groups excluding carboxylic acids is 2. The van der Waals surface area contributed by atoms with Crippen LogP contribution in [0.3, 0.4) is 0 Å². The van der Waals surface area contributed by atoms with Crippen LogP contribution in [0.4, 0.5) is 25.1 Å². The minimum atomic E-state index is -0.571. The molecule has 1 aliphatic rings. The van der Waals surface area contributed by atoms with Gasteiger partial charge in [0.05, 0.1) is 50.4 Å². The predicted molar refractivity (Wildman–Crippen MR) is 174 cm³/mol. The number of halogens is 2. The largest absolute Gasteiger partial charge is 0.442 e. The van der Waals surface area contributed by atoms with Crippen LogP contribution in [0, 0.1) is 5.82 Å². The Morgan fingerprint density at radius 2 is 1.84 bits per heavy atom. The zero-order chi connectivity index (χ0) is 33.1. The van der Waals surface area contributed by atoms with Crippen LogP contribution in [0.2, 0.25) is 0 Å². The van der Waals surface area contributed by atoms with Crippen LogP contribution in [0.1, 0.15) is 59.2 Å². The van der Waals surface area contributed by atoms with Crippen LogP contribution in [-0.2, 0) is 22.6 Å². The lowest BCUT2D eigenvalue weighted by atomic mass is 10.0. The Labute approximate surface area is 259 Å². The number of anilines is 2. The van der Waals surface area contributed by atoms with E-state index in [4.69, 9.17) is 10.5 Å². The molecule has 10 nitrogen and oxygen atoms in total. The first-order chi connectivity index (χ1) is 21.3. The third-order valence-corrected chi connectivity index (χ3v) is 5.96. The summed E-state index contributed by atoms with van der Waals surface area (Å²) in [4.78, 5) is 33.0. The molecule has 0 aliphatic carbocycles. The number of nitrogens with one attached hydrogen (secondary N) is 2. The summed E-state index contributed by atoms with van der Waals surface area (Å²) >= 11 is 0. The van der Waals surface area contributed by atoms with Crippen LogP contribution in [0.5, 0.6) is 0 Å². The number of rotatable bonds is 10. The topological polar surface area (TPSA) is 127 Å². The van der Waals surface area contributed by atoms with Crippen LogP contribution < -0.4 is 21.3 Å². The number of nitrogens with two attached hydrogens (primary N) is 1. The molecule has 2 heterocycles. The second kappa shape index (κ2) is 20.6. The maximum Gasteiger partial charge on any atom is 0.414 e. The number of aliphatic imine (C=N–C) groups is 1. The van der Waals surface area contributed by atoms with Crippen molar-refractivity contribution in [1.29, 1.82) is 0 Å². The van der Waals surface area contributed by atoms with Crippen molar-refractivity contribution in [2.24, 2.45) is 10.7 Å². The monoisotopic (exact) mass is 615 g/mol. The lowest BCUT2D eigenvalue weighted by molar-refractivity contribution is -0.119. The lowest BCUT2D eigenvalue weighted by Crippen LogP contribution is -2.33. The van der Waals surface area contributed by atoms with Crippen LogP contribution in [-0.4, -0.2) is 60.8 Å². The number of alkyl halides is 1. The van der Waals surface area contributed by atoms with Gasteiger partial charge in [0.25, 0.3) is 0 Å². The third kappa shape index (κ3) is 11.1. The molecule has 1 atom stereocenters. The van der Waals surface area contributed by atoms with Gasteiger partial charge in [0.2, 0.25) is 5.91 Å². The van der Waals surface area contributed by atoms with E-state index in [1.165, 1.54) is 17.9 Å². The molecule has 0 radical (unpaired) electrons. The van der Waals surface area contributed by atoms with E-state index in [1.54, 1.807) is 38.8 Å². The third-order valence-electron chi connectivity index (χ3n) is 5.96. The molecule has 44 heavy (non-hydrogen) atoms. The van der Waals surface area contributed by atoms with E-state index < -0.39 is 18.0 Å². The van der Waals surface area contributed by atoms with Crippen molar-refractivity contribution in [3.8, 4) is 11.1 Å². The van der Waals surface area contributed by atoms with Gasteiger partial charge in [0.15, 0.2) is 0 Å². The average Bonchev–Trinajstić information content (AvgIpc) is 3.63. The first kappa shape index (κ1) is 37.7. The SMILES string of the molecule is CC.CC.CCCF.CN=CNc1c(CN)ncn1Cc1ccc(-c2ccc(N3C[C@H](CNC(C)=O)OC3=O)cc2F)cc1. The van der Waals surface area contributed by atoms with Crippen LogP contribution in [0.15, 0.2) is 53.8 Å². The van der Waals surface area contributed by atoms with E-state index in [2.05, 4.69) is 20.6 Å². The Bertz CT molecular complexity index is 1310. The van der Waals surface area contributed by atoms with Gasteiger partial charge >= 0.3 is 6.09 Å². The van der Waals surface area contributed by atoms with Crippen LogP contribution >= 0.6 is 0 Å². The summed E-state index contributed by atoms with van der Waals surface area (Å²) in [5.74, 6) is 0.110. The summed E-state index contributed by atoms with van der Waals surface area (Å²) in [7, 11) is 1.67. The standard InChI is InChI=1S/C25H28FN7O3.C3H7F.2C2H6/c1-16(34)29-11-20-13-33(25(35)36-20)19-7-8-21(22(26)9-19)18-5-3-17(4-6-18)12-32-15-31-23(10-27)24(32)30-14-28-2;1-2-3-4;2*1-2/h3-9,14-15,20H,10-13,27H2,1-2H3,(H,28,30)(H,29,34);2-3H2,1H3;2*1-2H3/t20-;;;/m0.../s1. The van der Waals surface area contributed by atoms with E-state index in [9.17, 15) is 14.0 Å². The Kier molecular flexibility index (Phi) is 17.6. The number of ether oxygens (including phenoxy) is 1. The first-order valence-corrected chi connectivity index (χ1v) is 14.9. The Morgan fingerprint density at radius 1 is 1.18 bits per heavy atom. The molecule has 2 aromatic carbocycles. The Balaban J connectivity index is 0.00000110. The van der Waals surface area contributed by atoms with Gasteiger partial charge in [0, 0.05) is 26.1 Å². The number of benzene rings is 2. The molecule has 2 amide bonds. The molecule has 4 N–H and O–H groups in total. The van der Waals surface area contributed by atoms with Crippen molar-refractivity contribution in [3.63, 3.8) is 0 Å². The van der Waals surface area contributed by atoms with Crippen molar-refractivity contribution in [2.75, 3.05) is 37.0 Å². The van der Waals surface area contributed by atoms with Gasteiger partial charge in [-0.3, -0.25) is 19.1 Å². The van der Waals surface area contributed by atoms with Crippen molar-refractivity contribution in [3.05, 3.63) is 65.9 Å². The number of imidazole rings is 1. The van der Waals surface area contributed by atoms with E-state index in [1.807, 2.05) is 56.5 Å². The maximum absolute atomic E-state index is 15.0. The number of nitrogens with zero attached hydrogens (tertiary/aromatic N) is 4. The molecule has 1 aromatic heterocycles. The summed E-state index contributed by atoms with van der Waals surface area (Å²) in [5.41, 5.74) is 9.03. The molecule has 0 bridgehead atoms. The Morgan fingerprint density at radius 3 is 2.39 bits per heavy atom. The molecular formula is C32H47F2N7O3. The molecule has 4 rings (SSSR count). The number of hydrogen-bond donors (Lipinski definition) is 3. The normalized spacial score (nSPS) is 13.5. The zero-order valence-corrected chi connectivity index (χ0v) is 26.9. The number of carbonyl (C=O) groups is 2. The van der Waals surface area contributed by atoms with Crippen molar-refractivity contribution >= 4 is 29.8 Å². The molecule has 242 valence electrons. The molecule has 1 fully saturated rings. The molecule has 3 aromatic rings. The first-order valence-electron chi connectivity index (χ1n) is 14.9. The zero-order valence-electron chi connectivity index (χ0n) is 26.9. The summed E-state index contributed by atoms with van der Waals surface area (Å²) in [6.45, 7) is 12.3. The van der Waals surface area contributed by atoms with Gasteiger partial charge in [-0.05, 0) is 35.7 Å². The number of aromatic nitrogens is 2. The number of amides is 2. The second-order valence-electron chi connectivity index (χ2n) is 9.01.